The molecule has 98 valence electrons. The highest BCUT2D eigenvalue weighted by Crippen LogP contribution is 2.13. The number of carboxylic acid groups (broad SMARTS) is 1. The van der Waals surface area contributed by atoms with Crippen LogP contribution in [0.2, 0.25) is 0 Å². The van der Waals surface area contributed by atoms with Crippen LogP contribution < -0.4 is 5.32 Å². The fraction of sp³-hybridized carbons (Fsp3) is 0.333. The van der Waals surface area contributed by atoms with E-state index in [0.29, 0.717) is 5.56 Å². The second kappa shape index (κ2) is 6.00. The maximum atomic E-state index is 13.0. The van der Waals surface area contributed by atoms with Gasteiger partial charge >= 0.3 is 12.0 Å². The average molecular weight is 254 g/mol. The first-order chi connectivity index (χ1) is 8.40. The van der Waals surface area contributed by atoms with Crippen LogP contribution in [0.25, 0.3) is 0 Å². The van der Waals surface area contributed by atoms with E-state index < -0.39 is 18.0 Å². The van der Waals surface area contributed by atoms with E-state index in [4.69, 9.17) is 5.11 Å². The summed E-state index contributed by atoms with van der Waals surface area (Å²) in [6.45, 7) is 1.31. The van der Waals surface area contributed by atoms with Gasteiger partial charge in [0.2, 0.25) is 0 Å². The van der Waals surface area contributed by atoms with E-state index in [2.05, 4.69) is 5.32 Å². The van der Waals surface area contributed by atoms with Gasteiger partial charge in [-0.3, -0.25) is 4.79 Å². The molecule has 6 heteroatoms. The molecule has 1 unspecified atom stereocenters. The molecular weight excluding hydrogens is 239 g/mol. The molecule has 1 rings (SSSR count). The van der Waals surface area contributed by atoms with E-state index in [1.165, 1.54) is 19.2 Å². The molecule has 2 N–H and O–H groups in total. The normalized spacial score (nSPS) is 11.7. The number of nitrogens with one attached hydrogen (secondary N) is 1. The van der Waals surface area contributed by atoms with Crippen LogP contribution in [0.1, 0.15) is 18.5 Å². The predicted molar refractivity (Wildman–Crippen MR) is 63.6 cm³/mol. The lowest BCUT2D eigenvalue weighted by Gasteiger charge is -2.20. The third-order valence-electron chi connectivity index (χ3n) is 2.41. The number of carbonyl (C=O) groups excluding carboxylic acids is 1. The maximum absolute atomic E-state index is 13.0. The Bertz CT molecular complexity index is 451. The molecule has 0 fully saturated rings. The Labute approximate surface area is 104 Å². The Kier molecular flexibility index (Phi) is 4.65. The lowest BCUT2D eigenvalue weighted by molar-refractivity contribution is -0.137. The summed E-state index contributed by atoms with van der Waals surface area (Å²) in [5.41, 5.74) is 0.618. The molecule has 0 spiro atoms. The number of hydrogen-bond acceptors (Lipinski definition) is 2. The predicted octanol–water partition coefficient (Wildman–Crippen LogP) is 1.61. The van der Waals surface area contributed by atoms with E-state index in [0.717, 1.165) is 4.90 Å². The topological polar surface area (TPSA) is 69.6 Å². The van der Waals surface area contributed by atoms with Crippen LogP contribution in [-0.2, 0) is 4.79 Å². The van der Waals surface area contributed by atoms with Gasteiger partial charge in [-0.1, -0.05) is 12.1 Å². The molecule has 0 aliphatic rings. The van der Waals surface area contributed by atoms with Crippen molar-refractivity contribution < 1.29 is 19.1 Å². The fourth-order valence-corrected chi connectivity index (χ4v) is 1.43. The molecular formula is C12H15FN2O3. The van der Waals surface area contributed by atoms with E-state index >= 15 is 0 Å². The van der Waals surface area contributed by atoms with E-state index in [-0.39, 0.29) is 12.4 Å². The van der Waals surface area contributed by atoms with Gasteiger partial charge in [0, 0.05) is 7.05 Å². The van der Waals surface area contributed by atoms with Gasteiger partial charge in [-0.05, 0) is 24.6 Å². The van der Waals surface area contributed by atoms with Gasteiger partial charge in [-0.15, -0.1) is 0 Å². The number of nitrogens with zero attached hydrogens (tertiary/aromatic N) is 1. The van der Waals surface area contributed by atoms with Crippen molar-refractivity contribution in [2.45, 2.75) is 13.0 Å². The van der Waals surface area contributed by atoms with Crippen molar-refractivity contribution in [3.63, 3.8) is 0 Å². The Morgan fingerprint density at radius 2 is 2.17 bits per heavy atom. The molecule has 1 aromatic carbocycles. The molecule has 0 saturated heterocycles. The molecule has 0 aliphatic carbocycles. The third kappa shape index (κ3) is 4.04. The molecule has 0 aliphatic heterocycles. The number of rotatable bonds is 4. The molecule has 0 radical (unpaired) electrons. The van der Waals surface area contributed by atoms with E-state index in [1.54, 1.807) is 19.1 Å². The van der Waals surface area contributed by atoms with E-state index in [9.17, 15) is 14.0 Å². The Morgan fingerprint density at radius 1 is 1.50 bits per heavy atom. The number of benzene rings is 1. The Balaban J connectivity index is 2.62. The number of hydrogen-bond donors (Lipinski definition) is 2. The van der Waals surface area contributed by atoms with Gasteiger partial charge in [0.25, 0.3) is 0 Å². The van der Waals surface area contributed by atoms with Crippen molar-refractivity contribution in [2.75, 3.05) is 13.6 Å². The minimum absolute atomic E-state index is 0.382. The number of aliphatic carboxylic acids is 1. The number of halogens is 1. The summed E-state index contributed by atoms with van der Waals surface area (Å²) in [4.78, 5) is 23.1. The molecule has 1 atom stereocenters. The summed E-state index contributed by atoms with van der Waals surface area (Å²) in [6.07, 6.45) is 0. The van der Waals surface area contributed by atoms with Crippen LogP contribution in [0.15, 0.2) is 24.3 Å². The molecule has 0 bridgehead atoms. The quantitative estimate of drug-likeness (QED) is 0.857. The summed E-state index contributed by atoms with van der Waals surface area (Å²) < 4.78 is 13.0. The van der Waals surface area contributed by atoms with Gasteiger partial charge in [-0.25, -0.2) is 9.18 Å². The van der Waals surface area contributed by atoms with Crippen LogP contribution >= 0.6 is 0 Å². The van der Waals surface area contributed by atoms with Gasteiger partial charge in [-0.2, -0.15) is 0 Å². The van der Waals surface area contributed by atoms with Crippen LogP contribution in [0.3, 0.4) is 0 Å². The molecule has 2 amide bonds. The first-order valence-corrected chi connectivity index (χ1v) is 5.39. The zero-order chi connectivity index (χ0) is 13.7. The van der Waals surface area contributed by atoms with Gasteiger partial charge in [0.05, 0.1) is 6.04 Å². The molecule has 1 aromatic rings. The van der Waals surface area contributed by atoms with Crippen molar-refractivity contribution in [1.82, 2.24) is 10.2 Å². The van der Waals surface area contributed by atoms with Crippen molar-refractivity contribution in [3.05, 3.63) is 35.6 Å². The minimum atomic E-state index is -1.09. The number of urea groups is 1. The van der Waals surface area contributed by atoms with Crippen LogP contribution in [0.5, 0.6) is 0 Å². The number of amides is 2. The lowest BCUT2D eigenvalue weighted by atomic mass is 10.1. The summed E-state index contributed by atoms with van der Waals surface area (Å²) in [6, 6.07) is 4.95. The average Bonchev–Trinajstić information content (AvgIpc) is 2.27. The molecule has 0 aromatic heterocycles. The van der Waals surface area contributed by atoms with Crippen molar-refractivity contribution >= 4 is 12.0 Å². The Morgan fingerprint density at radius 3 is 2.72 bits per heavy atom. The highest BCUT2D eigenvalue weighted by molar-refractivity contribution is 5.80. The van der Waals surface area contributed by atoms with Crippen molar-refractivity contribution in [2.24, 2.45) is 0 Å². The van der Waals surface area contributed by atoms with Gasteiger partial charge in [0.1, 0.15) is 12.4 Å². The zero-order valence-electron chi connectivity index (χ0n) is 10.2. The van der Waals surface area contributed by atoms with Crippen molar-refractivity contribution in [3.8, 4) is 0 Å². The first kappa shape index (κ1) is 14.0. The summed E-state index contributed by atoms with van der Waals surface area (Å²) in [5, 5.41) is 11.1. The number of carbonyl (C=O) groups is 2. The zero-order valence-corrected chi connectivity index (χ0v) is 10.2. The minimum Gasteiger partial charge on any atom is -0.480 e. The molecule has 0 saturated carbocycles. The molecule has 18 heavy (non-hydrogen) atoms. The number of likely N-dealkylation sites (N-methyl/N-ethyl adjacent to an activating group) is 1. The largest absolute Gasteiger partial charge is 0.480 e. The van der Waals surface area contributed by atoms with Crippen molar-refractivity contribution in [1.29, 1.82) is 0 Å². The van der Waals surface area contributed by atoms with Gasteiger partial charge < -0.3 is 15.3 Å². The SMILES string of the molecule is CC(NC(=O)N(C)CC(=O)O)c1cccc(F)c1. The number of carboxylic acids is 1. The standard InChI is InChI=1S/C12H15FN2O3/c1-8(9-4-3-5-10(13)6-9)14-12(18)15(2)7-11(16)17/h3-6,8H,7H2,1-2H3,(H,14,18)(H,16,17). The summed E-state index contributed by atoms with van der Waals surface area (Å²) in [5.74, 6) is -1.47. The highest BCUT2D eigenvalue weighted by atomic mass is 19.1. The van der Waals surface area contributed by atoms with Crippen LogP contribution in [0, 0.1) is 5.82 Å². The van der Waals surface area contributed by atoms with Gasteiger partial charge in [0.15, 0.2) is 0 Å². The van der Waals surface area contributed by atoms with Crippen LogP contribution in [0.4, 0.5) is 9.18 Å². The second-order valence-corrected chi connectivity index (χ2v) is 3.98. The maximum Gasteiger partial charge on any atom is 0.323 e. The van der Waals surface area contributed by atoms with E-state index in [1.807, 2.05) is 0 Å². The second-order valence-electron chi connectivity index (χ2n) is 3.98. The first-order valence-electron chi connectivity index (χ1n) is 5.39. The monoisotopic (exact) mass is 254 g/mol. The summed E-state index contributed by atoms with van der Waals surface area (Å²) >= 11 is 0. The Hall–Kier alpha value is -2.11. The molecule has 5 nitrogen and oxygen atoms in total. The summed E-state index contributed by atoms with van der Waals surface area (Å²) in [7, 11) is 1.38. The van der Waals surface area contributed by atoms with Crippen LogP contribution in [-0.4, -0.2) is 35.6 Å². The smallest absolute Gasteiger partial charge is 0.323 e. The fourth-order valence-electron chi connectivity index (χ4n) is 1.43. The highest BCUT2D eigenvalue weighted by Gasteiger charge is 2.15. The third-order valence-corrected chi connectivity index (χ3v) is 2.41. The lowest BCUT2D eigenvalue weighted by Crippen LogP contribution is -2.41. The molecule has 0 heterocycles.